The minimum absolute atomic E-state index is 0.0699. The van der Waals surface area contributed by atoms with Crippen LogP contribution in [0.15, 0.2) is 28.7 Å². The Morgan fingerprint density at radius 2 is 1.65 bits per heavy atom. The number of benzene rings is 1. The molecule has 2 heterocycles. The molecule has 0 spiro atoms. The number of nitrogens with zero attached hydrogens (tertiary/aromatic N) is 4. The molecule has 0 aliphatic carbocycles. The second-order valence-corrected chi connectivity index (χ2v) is 17.9. The average molecular weight is 598 g/mol. The molecule has 0 radical (unpaired) electrons. The molecule has 1 aliphatic rings. The number of amides is 2. The molecule has 37 heavy (non-hydrogen) atoms. The van der Waals surface area contributed by atoms with Gasteiger partial charge in [0.25, 0.3) is 0 Å². The van der Waals surface area contributed by atoms with Crippen molar-refractivity contribution in [1.82, 2.24) is 19.6 Å². The van der Waals surface area contributed by atoms with Gasteiger partial charge in [-0.3, -0.25) is 4.79 Å². The molecule has 0 unspecified atom stereocenters. The number of hydrogen-bond acceptors (Lipinski definition) is 5. The third-order valence-electron chi connectivity index (χ3n) is 5.89. The van der Waals surface area contributed by atoms with E-state index in [0.29, 0.717) is 43.0 Å². The molecule has 3 rings (SSSR count). The highest BCUT2D eigenvalue weighted by Gasteiger charge is 2.29. The lowest BCUT2D eigenvalue weighted by Crippen LogP contribution is -2.52. The van der Waals surface area contributed by atoms with Crippen LogP contribution in [0.25, 0.3) is 11.3 Å². The summed E-state index contributed by atoms with van der Waals surface area (Å²) in [5.41, 5.74) is 1.55. The minimum atomic E-state index is -1.24. The van der Waals surface area contributed by atoms with E-state index in [2.05, 4.69) is 35.6 Å². The van der Waals surface area contributed by atoms with Gasteiger partial charge in [-0.05, 0) is 67.0 Å². The number of aromatic nitrogens is 2. The van der Waals surface area contributed by atoms with Crippen LogP contribution in [-0.2, 0) is 27.4 Å². The first-order valence-corrected chi connectivity index (χ1v) is 17.1. The zero-order valence-electron chi connectivity index (χ0n) is 22.6. The number of ether oxygens (including phenoxy) is 2. The molecule has 1 aromatic heterocycles. The van der Waals surface area contributed by atoms with E-state index in [1.165, 1.54) is 12.1 Å². The smallest absolute Gasteiger partial charge is 0.410 e. The third-order valence-corrected chi connectivity index (χ3v) is 8.43. The van der Waals surface area contributed by atoms with Gasteiger partial charge in [0.05, 0.1) is 22.3 Å². The van der Waals surface area contributed by atoms with Crippen molar-refractivity contribution in [3.05, 3.63) is 40.2 Å². The van der Waals surface area contributed by atoms with E-state index < -0.39 is 13.7 Å². The van der Waals surface area contributed by atoms with Crippen molar-refractivity contribution >= 4 is 36.0 Å². The molecule has 0 bridgehead atoms. The molecule has 204 valence electrons. The van der Waals surface area contributed by atoms with Crippen molar-refractivity contribution in [1.29, 1.82) is 0 Å². The Labute approximate surface area is 228 Å². The summed E-state index contributed by atoms with van der Waals surface area (Å²) in [6.45, 7) is 14.9. The van der Waals surface area contributed by atoms with E-state index in [0.717, 1.165) is 17.3 Å². The summed E-state index contributed by atoms with van der Waals surface area (Å²) in [7, 11) is -1.24. The van der Waals surface area contributed by atoms with E-state index >= 15 is 0 Å². The van der Waals surface area contributed by atoms with Crippen LogP contribution in [0.4, 0.5) is 9.18 Å². The van der Waals surface area contributed by atoms with Crippen molar-refractivity contribution < 1.29 is 23.5 Å². The SMILES string of the molecule is CC(C)(C)OC(=O)N1CCN(C(=O)Cc2nn(COCC[Si](C)(C)C)c(-c3ccc(F)cc3)c2Br)CC1. The highest BCUT2D eigenvalue weighted by molar-refractivity contribution is 9.10. The molecule has 1 fully saturated rings. The summed E-state index contributed by atoms with van der Waals surface area (Å²) in [5, 5.41) is 4.69. The Kier molecular flexibility index (Phi) is 9.57. The zero-order valence-corrected chi connectivity index (χ0v) is 25.2. The second kappa shape index (κ2) is 12.1. The normalized spacial score (nSPS) is 14.7. The zero-order chi connectivity index (χ0) is 27.4. The van der Waals surface area contributed by atoms with E-state index in [4.69, 9.17) is 14.6 Å². The molecule has 1 saturated heterocycles. The molecule has 2 amide bonds. The maximum absolute atomic E-state index is 13.6. The predicted molar refractivity (Wildman–Crippen MR) is 148 cm³/mol. The third kappa shape index (κ3) is 8.64. The maximum Gasteiger partial charge on any atom is 0.410 e. The molecule has 11 heteroatoms. The number of carbonyl (C=O) groups is 2. The number of piperazine rings is 1. The lowest BCUT2D eigenvalue weighted by molar-refractivity contribution is -0.132. The van der Waals surface area contributed by atoms with Gasteiger partial charge in [-0.25, -0.2) is 13.9 Å². The van der Waals surface area contributed by atoms with E-state index in [1.807, 2.05) is 20.8 Å². The largest absolute Gasteiger partial charge is 0.444 e. The fraction of sp³-hybridized carbons (Fsp3) is 0.577. The molecule has 2 aromatic rings. The van der Waals surface area contributed by atoms with Crippen LogP contribution in [0.3, 0.4) is 0 Å². The summed E-state index contributed by atoms with van der Waals surface area (Å²) < 4.78 is 27.4. The fourth-order valence-corrected chi connectivity index (χ4v) is 5.24. The van der Waals surface area contributed by atoms with Crippen LogP contribution < -0.4 is 0 Å². The first-order valence-electron chi connectivity index (χ1n) is 12.6. The van der Waals surface area contributed by atoms with E-state index in [-0.39, 0.29) is 31.0 Å². The number of rotatable bonds is 8. The lowest BCUT2D eigenvalue weighted by atomic mass is 10.1. The molecule has 8 nitrogen and oxygen atoms in total. The molecule has 0 N–H and O–H groups in total. The first kappa shape index (κ1) is 29.3. The number of halogens is 2. The van der Waals surface area contributed by atoms with Crippen molar-refractivity contribution in [3.63, 3.8) is 0 Å². The summed E-state index contributed by atoms with van der Waals surface area (Å²) >= 11 is 3.64. The summed E-state index contributed by atoms with van der Waals surface area (Å²) in [6, 6.07) is 7.22. The van der Waals surface area contributed by atoms with Gasteiger partial charge in [0.15, 0.2) is 0 Å². The number of hydrogen-bond donors (Lipinski definition) is 0. The van der Waals surface area contributed by atoms with Crippen molar-refractivity contribution in [2.75, 3.05) is 32.8 Å². The van der Waals surface area contributed by atoms with Crippen LogP contribution in [0.1, 0.15) is 26.5 Å². The van der Waals surface area contributed by atoms with Crippen LogP contribution in [0.2, 0.25) is 25.7 Å². The lowest BCUT2D eigenvalue weighted by Gasteiger charge is -2.35. The Morgan fingerprint density at radius 3 is 2.22 bits per heavy atom. The average Bonchev–Trinajstić information content (AvgIpc) is 3.10. The summed E-state index contributed by atoms with van der Waals surface area (Å²) in [6.07, 6.45) is -0.262. The van der Waals surface area contributed by atoms with E-state index in [9.17, 15) is 14.0 Å². The Morgan fingerprint density at radius 1 is 1.05 bits per heavy atom. The molecule has 1 aliphatic heterocycles. The fourth-order valence-electron chi connectivity index (χ4n) is 3.83. The van der Waals surface area contributed by atoms with Gasteiger partial charge in [0, 0.05) is 46.4 Å². The van der Waals surface area contributed by atoms with Gasteiger partial charge >= 0.3 is 6.09 Å². The summed E-state index contributed by atoms with van der Waals surface area (Å²) in [4.78, 5) is 28.8. The molecule has 0 saturated carbocycles. The van der Waals surface area contributed by atoms with Crippen LogP contribution in [0.5, 0.6) is 0 Å². The van der Waals surface area contributed by atoms with Gasteiger partial charge in [0.2, 0.25) is 5.91 Å². The van der Waals surface area contributed by atoms with Crippen LogP contribution in [0, 0.1) is 5.82 Å². The quantitative estimate of drug-likeness (QED) is 0.302. The van der Waals surface area contributed by atoms with Crippen LogP contribution >= 0.6 is 15.9 Å². The number of carbonyl (C=O) groups excluding carboxylic acids is 2. The van der Waals surface area contributed by atoms with Crippen molar-refractivity contribution in [2.45, 2.75) is 65.2 Å². The van der Waals surface area contributed by atoms with Gasteiger partial charge < -0.3 is 19.3 Å². The Hall–Kier alpha value is -2.24. The highest BCUT2D eigenvalue weighted by atomic mass is 79.9. The van der Waals surface area contributed by atoms with Crippen molar-refractivity contribution in [2.24, 2.45) is 0 Å². The predicted octanol–water partition coefficient (Wildman–Crippen LogP) is 5.39. The highest BCUT2D eigenvalue weighted by Crippen LogP contribution is 2.32. The molecule has 0 atom stereocenters. The molecular weight excluding hydrogens is 559 g/mol. The first-order chi connectivity index (χ1) is 17.2. The Balaban J connectivity index is 1.70. The van der Waals surface area contributed by atoms with Gasteiger partial charge in [-0.2, -0.15) is 5.10 Å². The summed E-state index contributed by atoms with van der Waals surface area (Å²) in [5.74, 6) is -0.391. The van der Waals surface area contributed by atoms with Gasteiger partial charge in [-0.1, -0.05) is 19.6 Å². The van der Waals surface area contributed by atoms with E-state index in [1.54, 1.807) is 26.6 Å². The van der Waals surface area contributed by atoms with Crippen molar-refractivity contribution in [3.8, 4) is 11.3 Å². The second-order valence-electron chi connectivity index (χ2n) is 11.5. The monoisotopic (exact) mass is 596 g/mol. The van der Waals surface area contributed by atoms with Gasteiger partial charge in [-0.15, -0.1) is 0 Å². The molecular formula is C26H38BrFN4O4Si. The minimum Gasteiger partial charge on any atom is -0.444 e. The maximum atomic E-state index is 13.6. The topological polar surface area (TPSA) is 76.9 Å². The standard InChI is InChI=1S/C26H38BrFN4O4Si/c1-26(2,3)36-25(34)31-13-11-30(12-14-31)22(33)17-21-23(27)24(19-7-9-20(28)10-8-19)32(29-21)18-35-15-16-37(4,5)6/h7-10H,11-18H2,1-6H3. The van der Waals surface area contributed by atoms with Crippen LogP contribution in [-0.4, -0.2) is 78.0 Å². The van der Waals surface area contributed by atoms with Gasteiger partial charge in [0.1, 0.15) is 18.1 Å². The Bertz CT molecular complexity index is 1090. The molecule has 1 aromatic carbocycles.